The summed E-state index contributed by atoms with van der Waals surface area (Å²) in [5, 5.41) is 6.36. The molecular formula is C12H14N2O. The van der Waals surface area contributed by atoms with Gasteiger partial charge in [0.25, 0.3) is 0 Å². The van der Waals surface area contributed by atoms with Gasteiger partial charge >= 0.3 is 0 Å². The fourth-order valence-electron chi connectivity index (χ4n) is 2.77. The maximum absolute atomic E-state index is 11.7. The standard InChI is InChI=1S/C12H14N2O/c1-7-8-4-2-3-5-9(8)14-10-6-13-12(15)11(7)10/h2-5,7,10-11,14H,6H2,1H3,(H,13,15)/t7-,10+,11-/m1/s1. The smallest absolute Gasteiger partial charge is 0.225 e. The molecule has 1 aromatic carbocycles. The lowest BCUT2D eigenvalue weighted by Gasteiger charge is -2.32. The highest BCUT2D eigenvalue weighted by atomic mass is 16.2. The van der Waals surface area contributed by atoms with E-state index < -0.39 is 0 Å². The minimum Gasteiger partial charge on any atom is -0.379 e. The van der Waals surface area contributed by atoms with Crippen molar-refractivity contribution in [1.82, 2.24) is 5.32 Å². The summed E-state index contributed by atoms with van der Waals surface area (Å²) in [5.41, 5.74) is 2.44. The van der Waals surface area contributed by atoms with Gasteiger partial charge < -0.3 is 10.6 Å². The molecule has 15 heavy (non-hydrogen) atoms. The third kappa shape index (κ3) is 1.16. The van der Waals surface area contributed by atoms with Gasteiger partial charge in [-0.25, -0.2) is 0 Å². The average Bonchev–Trinajstić information content (AvgIpc) is 2.61. The topological polar surface area (TPSA) is 41.1 Å². The number of fused-ring (bicyclic) bond motifs is 2. The first-order valence-corrected chi connectivity index (χ1v) is 5.40. The van der Waals surface area contributed by atoms with E-state index >= 15 is 0 Å². The average molecular weight is 202 g/mol. The number of benzene rings is 1. The molecule has 78 valence electrons. The lowest BCUT2D eigenvalue weighted by Crippen LogP contribution is -2.37. The molecule has 0 bridgehead atoms. The SMILES string of the molecule is C[C@@H]1c2ccccc2N[C@H]2CNC(=O)[C@@H]21. The van der Waals surface area contributed by atoms with Crippen LogP contribution in [-0.4, -0.2) is 18.5 Å². The minimum atomic E-state index is 0.0971. The predicted molar refractivity (Wildman–Crippen MR) is 58.8 cm³/mol. The van der Waals surface area contributed by atoms with E-state index in [9.17, 15) is 4.79 Å². The van der Waals surface area contributed by atoms with Crippen LogP contribution < -0.4 is 10.6 Å². The van der Waals surface area contributed by atoms with Crippen molar-refractivity contribution >= 4 is 11.6 Å². The molecule has 2 aliphatic heterocycles. The van der Waals surface area contributed by atoms with Crippen LogP contribution in [0.3, 0.4) is 0 Å². The van der Waals surface area contributed by atoms with Gasteiger partial charge in [0.1, 0.15) is 0 Å². The van der Waals surface area contributed by atoms with Crippen molar-refractivity contribution in [3.05, 3.63) is 29.8 Å². The molecule has 3 rings (SSSR count). The molecule has 3 heteroatoms. The number of anilines is 1. The van der Waals surface area contributed by atoms with E-state index in [4.69, 9.17) is 0 Å². The maximum atomic E-state index is 11.7. The van der Waals surface area contributed by atoms with Crippen LogP contribution >= 0.6 is 0 Å². The third-order valence-corrected chi connectivity index (χ3v) is 3.56. The van der Waals surface area contributed by atoms with E-state index in [2.05, 4.69) is 29.7 Å². The van der Waals surface area contributed by atoms with Crippen molar-refractivity contribution in [3.63, 3.8) is 0 Å². The number of carbonyl (C=O) groups is 1. The highest BCUT2D eigenvalue weighted by molar-refractivity contribution is 5.85. The fourth-order valence-corrected chi connectivity index (χ4v) is 2.77. The lowest BCUT2D eigenvalue weighted by atomic mass is 9.80. The van der Waals surface area contributed by atoms with Crippen molar-refractivity contribution < 1.29 is 4.79 Å². The second-order valence-electron chi connectivity index (χ2n) is 4.40. The summed E-state index contributed by atoms with van der Waals surface area (Å²) in [6.45, 7) is 2.89. The van der Waals surface area contributed by atoms with Crippen LogP contribution in [0.25, 0.3) is 0 Å². The van der Waals surface area contributed by atoms with E-state index in [-0.39, 0.29) is 17.9 Å². The van der Waals surface area contributed by atoms with E-state index in [1.807, 2.05) is 12.1 Å². The molecule has 1 fully saturated rings. The Hall–Kier alpha value is -1.51. The molecule has 0 spiro atoms. The Morgan fingerprint density at radius 3 is 3.00 bits per heavy atom. The zero-order valence-electron chi connectivity index (χ0n) is 8.66. The Labute approximate surface area is 88.9 Å². The normalized spacial score (nSPS) is 32.6. The van der Waals surface area contributed by atoms with Gasteiger partial charge in [0.05, 0.1) is 12.0 Å². The van der Waals surface area contributed by atoms with Crippen LogP contribution in [-0.2, 0) is 4.79 Å². The summed E-state index contributed by atoms with van der Waals surface area (Å²) < 4.78 is 0. The van der Waals surface area contributed by atoms with E-state index in [0.29, 0.717) is 5.92 Å². The van der Waals surface area contributed by atoms with Gasteiger partial charge in [0, 0.05) is 12.2 Å². The molecule has 3 atom stereocenters. The van der Waals surface area contributed by atoms with Gasteiger partial charge in [-0.2, -0.15) is 0 Å². The van der Waals surface area contributed by atoms with Gasteiger partial charge in [-0.3, -0.25) is 4.79 Å². The second kappa shape index (κ2) is 2.99. The van der Waals surface area contributed by atoms with Crippen molar-refractivity contribution in [2.75, 3.05) is 11.9 Å². The lowest BCUT2D eigenvalue weighted by molar-refractivity contribution is -0.123. The highest BCUT2D eigenvalue weighted by Crippen LogP contribution is 2.39. The summed E-state index contributed by atoms with van der Waals surface area (Å²) in [6, 6.07) is 8.52. The molecule has 1 saturated heterocycles. The first-order valence-electron chi connectivity index (χ1n) is 5.40. The van der Waals surface area contributed by atoms with Crippen LogP contribution in [0, 0.1) is 5.92 Å². The quantitative estimate of drug-likeness (QED) is 0.666. The predicted octanol–water partition coefficient (Wildman–Crippen LogP) is 1.33. The summed E-state index contributed by atoms with van der Waals surface area (Å²) in [5.74, 6) is 0.601. The summed E-state index contributed by atoms with van der Waals surface area (Å²) in [6.07, 6.45) is 0. The molecule has 2 aliphatic rings. The van der Waals surface area contributed by atoms with Crippen molar-refractivity contribution in [2.45, 2.75) is 18.9 Å². The molecule has 0 saturated carbocycles. The molecular weight excluding hydrogens is 188 g/mol. The van der Waals surface area contributed by atoms with Crippen LogP contribution in [0.4, 0.5) is 5.69 Å². The number of nitrogens with one attached hydrogen (secondary N) is 2. The third-order valence-electron chi connectivity index (χ3n) is 3.56. The zero-order chi connectivity index (χ0) is 10.4. The van der Waals surface area contributed by atoms with Crippen LogP contribution in [0.2, 0.25) is 0 Å². The van der Waals surface area contributed by atoms with Crippen molar-refractivity contribution in [1.29, 1.82) is 0 Å². The highest BCUT2D eigenvalue weighted by Gasteiger charge is 2.42. The van der Waals surface area contributed by atoms with E-state index in [0.717, 1.165) is 6.54 Å². The van der Waals surface area contributed by atoms with Crippen molar-refractivity contribution in [2.24, 2.45) is 5.92 Å². The minimum absolute atomic E-state index is 0.0971. The Bertz CT molecular complexity index is 416. The second-order valence-corrected chi connectivity index (χ2v) is 4.40. The van der Waals surface area contributed by atoms with E-state index in [1.54, 1.807) is 0 Å². The molecule has 3 nitrogen and oxygen atoms in total. The molecule has 0 aliphatic carbocycles. The summed E-state index contributed by atoms with van der Waals surface area (Å²) in [7, 11) is 0. The number of carbonyl (C=O) groups excluding carboxylic acids is 1. The molecule has 0 radical (unpaired) electrons. The summed E-state index contributed by atoms with van der Waals surface area (Å²) >= 11 is 0. The zero-order valence-corrected chi connectivity index (χ0v) is 8.66. The fraction of sp³-hybridized carbons (Fsp3) is 0.417. The molecule has 0 aromatic heterocycles. The number of para-hydroxylation sites is 1. The first-order chi connectivity index (χ1) is 7.27. The van der Waals surface area contributed by atoms with Gasteiger partial charge in [-0.15, -0.1) is 0 Å². The monoisotopic (exact) mass is 202 g/mol. The first kappa shape index (κ1) is 8.77. The van der Waals surface area contributed by atoms with Gasteiger partial charge in [0.2, 0.25) is 5.91 Å². The largest absolute Gasteiger partial charge is 0.379 e. The number of hydrogen-bond donors (Lipinski definition) is 2. The molecule has 2 N–H and O–H groups in total. The van der Waals surface area contributed by atoms with Crippen molar-refractivity contribution in [3.8, 4) is 0 Å². The molecule has 1 amide bonds. The Morgan fingerprint density at radius 1 is 1.33 bits per heavy atom. The summed E-state index contributed by atoms with van der Waals surface area (Å²) in [4.78, 5) is 11.7. The molecule has 1 aromatic rings. The Balaban J connectivity index is 2.07. The number of hydrogen-bond acceptors (Lipinski definition) is 2. The number of amides is 1. The van der Waals surface area contributed by atoms with Gasteiger partial charge in [-0.1, -0.05) is 25.1 Å². The van der Waals surface area contributed by atoms with Crippen LogP contribution in [0.5, 0.6) is 0 Å². The Morgan fingerprint density at radius 2 is 2.13 bits per heavy atom. The van der Waals surface area contributed by atoms with Gasteiger partial charge in [-0.05, 0) is 17.5 Å². The van der Waals surface area contributed by atoms with Crippen LogP contribution in [0.1, 0.15) is 18.4 Å². The number of rotatable bonds is 0. The van der Waals surface area contributed by atoms with Crippen LogP contribution in [0.15, 0.2) is 24.3 Å². The maximum Gasteiger partial charge on any atom is 0.225 e. The Kier molecular flexibility index (Phi) is 1.75. The molecule has 0 unspecified atom stereocenters. The molecule has 2 heterocycles. The van der Waals surface area contributed by atoms with Gasteiger partial charge in [0.15, 0.2) is 0 Å². The van der Waals surface area contributed by atoms with E-state index in [1.165, 1.54) is 11.3 Å².